The van der Waals surface area contributed by atoms with Crippen LogP contribution in [0.25, 0.3) is 0 Å². The lowest BCUT2D eigenvalue weighted by atomic mass is 9.51. The highest BCUT2D eigenvalue weighted by Crippen LogP contribution is 2.56. The number of hydrogen-bond acceptors (Lipinski definition) is 2. The Balaban J connectivity index is 1.69. The molecule has 0 unspecified atom stereocenters. The first-order chi connectivity index (χ1) is 13.1. The maximum atomic E-state index is 13.4. The van der Waals surface area contributed by atoms with Gasteiger partial charge in [-0.05, 0) is 60.9 Å². The van der Waals surface area contributed by atoms with Gasteiger partial charge in [0.15, 0.2) is 0 Å². The molecule has 2 atom stereocenters. The van der Waals surface area contributed by atoms with E-state index >= 15 is 0 Å². The third-order valence-corrected chi connectivity index (χ3v) is 7.61. The second kappa shape index (κ2) is 6.18. The fourth-order valence-corrected chi connectivity index (χ4v) is 5.30. The monoisotopic (exact) mass is 377 g/mol. The highest BCUT2D eigenvalue weighted by molar-refractivity contribution is 5.94. The van der Waals surface area contributed by atoms with E-state index in [-0.39, 0.29) is 22.8 Å². The molecule has 3 nitrogen and oxygen atoms in total. The quantitative estimate of drug-likeness (QED) is 0.826. The number of piperidine rings is 1. The minimum Gasteiger partial charge on any atom is -0.386 e. The second-order valence-corrected chi connectivity index (χ2v) is 9.82. The lowest BCUT2D eigenvalue weighted by Gasteiger charge is -2.60. The Hall–Kier alpha value is -2.13. The Morgan fingerprint density at radius 2 is 1.71 bits per heavy atom. The van der Waals surface area contributed by atoms with E-state index in [1.807, 2.05) is 24.3 Å². The van der Waals surface area contributed by atoms with Crippen molar-refractivity contribution in [3.05, 3.63) is 70.8 Å². The molecule has 1 aliphatic heterocycles. The topological polar surface area (TPSA) is 40.5 Å². The predicted octanol–water partition coefficient (Wildman–Crippen LogP) is 4.67. The van der Waals surface area contributed by atoms with Crippen molar-refractivity contribution >= 4 is 5.91 Å². The lowest BCUT2D eigenvalue weighted by molar-refractivity contribution is -0.0262. The molecule has 1 fully saturated rings. The maximum Gasteiger partial charge on any atom is 0.254 e. The largest absolute Gasteiger partial charge is 0.386 e. The van der Waals surface area contributed by atoms with Crippen LogP contribution >= 0.6 is 0 Å². The van der Waals surface area contributed by atoms with Crippen molar-refractivity contribution in [1.29, 1.82) is 0 Å². The van der Waals surface area contributed by atoms with E-state index < -0.39 is 5.60 Å². The highest BCUT2D eigenvalue weighted by atomic mass is 16.3. The molecule has 3 heteroatoms. The van der Waals surface area contributed by atoms with Crippen LogP contribution in [0.4, 0.5) is 0 Å². The zero-order valence-electron chi connectivity index (χ0n) is 17.6. The van der Waals surface area contributed by atoms with Gasteiger partial charge in [-0.15, -0.1) is 0 Å². The van der Waals surface area contributed by atoms with E-state index in [9.17, 15) is 9.90 Å². The van der Waals surface area contributed by atoms with E-state index in [0.29, 0.717) is 5.56 Å². The van der Waals surface area contributed by atoms with Crippen LogP contribution in [0, 0.1) is 5.41 Å². The smallest absolute Gasteiger partial charge is 0.254 e. The molecule has 148 valence electrons. The fourth-order valence-electron chi connectivity index (χ4n) is 5.30. The summed E-state index contributed by atoms with van der Waals surface area (Å²) in [6.45, 7) is 11.3. The van der Waals surface area contributed by atoms with Crippen molar-refractivity contribution in [3.8, 4) is 0 Å². The summed E-state index contributed by atoms with van der Waals surface area (Å²) in [7, 11) is 0. The van der Waals surface area contributed by atoms with Gasteiger partial charge in [-0.3, -0.25) is 4.79 Å². The average Bonchev–Trinajstić information content (AvgIpc) is 2.64. The highest BCUT2D eigenvalue weighted by Gasteiger charge is 2.56. The van der Waals surface area contributed by atoms with E-state index in [1.54, 1.807) is 13.8 Å². The van der Waals surface area contributed by atoms with Crippen LogP contribution < -0.4 is 0 Å². The summed E-state index contributed by atoms with van der Waals surface area (Å²) >= 11 is 0. The second-order valence-electron chi connectivity index (χ2n) is 9.82. The van der Waals surface area contributed by atoms with Gasteiger partial charge in [0.2, 0.25) is 0 Å². The molecule has 0 spiro atoms. The molecule has 1 heterocycles. The number of nitrogens with zero attached hydrogens (tertiary/aromatic N) is 1. The van der Waals surface area contributed by atoms with E-state index in [1.165, 1.54) is 11.1 Å². The first-order valence-electron chi connectivity index (χ1n) is 10.3. The zero-order valence-corrected chi connectivity index (χ0v) is 17.6. The molecular weight excluding hydrogens is 346 g/mol. The summed E-state index contributed by atoms with van der Waals surface area (Å²) in [5, 5.41) is 10.2. The zero-order chi connectivity index (χ0) is 20.3. The molecule has 1 amide bonds. The number of fused-ring (bicyclic) bond motifs is 4. The van der Waals surface area contributed by atoms with Crippen molar-refractivity contribution in [3.63, 3.8) is 0 Å². The van der Waals surface area contributed by atoms with Gasteiger partial charge >= 0.3 is 0 Å². The Bertz CT molecular complexity index is 907. The van der Waals surface area contributed by atoms with Crippen LogP contribution in [-0.4, -0.2) is 28.5 Å². The third-order valence-electron chi connectivity index (χ3n) is 7.61. The Morgan fingerprint density at radius 3 is 2.36 bits per heavy atom. The summed E-state index contributed by atoms with van der Waals surface area (Å²) in [5.41, 5.74) is 3.54. The minimum absolute atomic E-state index is 0.00228. The molecule has 0 aromatic heterocycles. The number of hydrogen-bond donors (Lipinski definition) is 1. The normalized spacial score (nSPS) is 25.9. The summed E-state index contributed by atoms with van der Waals surface area (Å²) in [6, 6.07) is 16.4. The van der Waals surface area contributed by atoms with Gasteiger partial charge in [0.05, 0.1) is 5.60 Å². The molecule has 28 heavy (non-hydrogen) atoms. The van der Waals surface area contributed by atoms with E-state index in [0.717, 1.165) is 24.9 Å². The van der Waals surface area contributed by atoms with Crippen molar-refractivity contribution < 1.29 is 9.90 Å². The maximum absolute atomic E-state index is 13.4. The number of rotatable bonds is 2. The Morgan fingerprint density at radius 1 is 1.07 bits per heavy atom. The van der Waals surface area contributed by atoms with E-state index in [2.05, 4.69) is 49.9 Å². The molecular formula is C25H31NO2. The number of carbonyl (C=O) groups excluding carboxylic acids is 1. The van der Waals surface area contributed by atoms with Crippen LogP contribution in [-0.2, 0) is 17.4 Å². The first-order valence-corrected chi connectivity index (χ1v) is 10.3. The Labute approximate surface area is 168 Å². The van der Waals surface area contributed by atoms with Gasteiger partial charge in [0.1, 0.15) is 0 Å². The van der Waals surface area contributed by atoms with Crippen LogP contribution in [0.15, 0.2) is 48.5 Å². The summed E-state index contributed by atoms with van der Waals surface area (Å²) < 4.78 is 0. The predicted molar refractivity (Wildman–Crippen MR) is 112 cm³/mol. The Kier molecular flexibility index (Phi) is 4.24. The molecule has 2 aromatic carbocycles. The average molecular weight is 378 g/mol. The molecule has 2 aliphatic rings. The molecule has 1 aliphatic carbocycles. The molecule has 4 rings (SSSR count). The first kappa shape index (κ1) is 19.2. The summed E-state index contributed by atoms with van der Waals surface area (Å²) in [5.74, 6) is 0.0989. The molecule has 2 aromatic rings. The van der Waals surface area contributed by atoms with Crippen LogP contribution in [0.5, 0.6) is 0 Å². The number of amides is 1. The number of likely N-dealkylation sites (tertiary alicyclic amines) is 1. The van der Waals surface area contributed by atoms with Gasteiger partial charge in [0.25, 0.3) is 5.91 Å². The fraction of sp³-hybridized carbons (Fsp3) is 0.480. The van der Waals surface area contributed by atoms with Gasteiger partial charge in [0, 0.05) is 23.6 Å². The van der Waals surface area contributed by atoms with Gasteiger partial charge < -0.3 is 10.0 Å². The third kappa shape index (κ3) is 2.71. The van der Waals surface area contributed by atoms with Crippen molar-refractivity contribution in [1.82, 2.24) is 4.90 Å². The molecule has 0 saturated carbocycles. The number of aliphatic hydroxyl groups is 1. The van der Waals surface area contributed by atoms with Crippen molar-refractivity contribution in [2.75, 3.05) is 6.54 Å². The van der Waals surface area contributed by atoms with Crippen molar-refractivity contribution in [2.24, 2.45) is 5.41 Å². The molecule has 1 saturated heterocycles. The van der Waals surface area contributed by atoms with Crippen LogP contribution in [0.2, 0.25) is 0 Å². The number of carbonyl (C=O) groups is 1. The summed E-state index contributed by atoms with van der Waals surface area (Å²) in [4.78, 5) is 15.5. The standard InChI is InChI=1S/C25H31NO2/c1-23(2)21-16-18-8-6-7-9-20(18)25(23,5)14-15-26(21)22(27)17-10-12-19(13-11-17)24(3,4)28/h6-13,21,28H,14-16H2,1-5H3/t21-,25+/m1/s1. The van der Waals surface area contributed by atoms with Crippen molar-refractivity contribution in [2.45, 2.75) is 64.5 Å². The van der Waals surface area contributed by atoms with E-state index in [4.69, 9.17) is 0 Å². The lowest BCUT2D eigenvalue weighted by Crippen LogP contribution is -2.64. The summed E-state index contributed by atoms with van der Waals surface area (Å²) in [6.07, 6.45) is 1.88. The van der Waals surface area contributed by atoms with Gasteiger partial charge in [-0.2, -0.15) is 0 Å². The SMILES string of the molecule is CC(C)(O)c1ccc(C(=O)N2CC[C@@]3(C)c4ccccc4C[C@@H]2C3(C)C)cc1. The molecule has 1 N–H and O–H groups in total. The molecule has 0 radical (unpaired) electrons. The number of benzene rings is 2. The van der Waals surface area contributed by atoms with Crippen LogP contribution in [0.3, 0.4) is 0 Å². The van der Waals surface area contributed by atoms with Gasteiger partial charge in [-0.25, -0.2) is 0 Å². The molecule has 2 bridgehead atoms. The van der Waals surface area contributed by atoms with Gasteiger partial charge in [-0.1, -0.05) is 57.2 Å². The minimum atomic E-state index is -0.899. The van der Waals surface area contributed by atoms with Crippen LogP contribution in [0.1, 0.15) is 68.1 Å².